The number of rotatable bonds is 10. The van der Waals surface area contributed by atoms with Gasteiger partial charge in [-0.15, -0.1) is 0 Å². The van der Waals surface area contributed by atoms with Gasteiger partial charge in [0.15, 0.2) is 11.5 Å². The van der Waals surface area contributed by atoms with Crippen LogP contribution in [0.1, 0.15) is 22.3 Å². The molecule has 1 atom stereocenters. The molecule has 0 bridgehead atoms. The predicted molar refractivity (Wildman–Crippen MR) is 124 cm³/mol. The second kappa shape index (κ2) is 11.3. The van der Waals surface area contributed by atoms with E-state index in [9.17, 15) is 19.5 Å². The van der Waals surface area contributed by atoms with Crippen LogP contribution in [0.2, 0.25) is 0 Å². The highest BCUT2D eigenvalue weighted by Gasteiger charge is 2.23. The first-order valence-corrected chi connectivity index (χ1v) is 11.4. The van der Waals surface area contributed by atoms with E-state index in [2.05, 4.69) is 10.6 Å². The number of aliphatic carboxylic acids is 1. The number of carboxylic acids is 1. The van der Waals surface area contributed by atoms with Crippen molar-refractivity contribution in [3.63, 3.8) is 0 Å². The van der Waals surface area contributed by atoms with Crippen LogP contribution in [-0.2, 0) is 9.59 Å². The van der Waals surface area contributed by atoms with Crippen molar-refractivity contribution in [2.75, 3.05) is 25.9 Å². The standard InChI is InChI=1S/C23H24N2O7S/c1-30-16-6-4-15(5-7-16)21(26)25-18(22(27)24-17(23(28)29)9-10-33-2)11-14-3-8-19-20(12-14)32-13-31-19/h3-8,11-12,17H,9-10,13H2,1-2H3,(H,24,27)(H,25,26)(H,28,29)/b18-11-. The Morgan fingerprint density at radius 2 is 1.88 bits per heavy atom. The fourth-order valence-corrected chi connectivity index (χ4v) is 3.47. The highest BCUT2D eigenvalue weighted by Crippen LogP contribution is 2.33. The van der Waals surface area contributed by atoms with E-state index in [-0.39, 0.29) is 18.9 Å². The Morgan fingerprint density at radius 3 is 2.55 bits per heavy atom. The van der Waals surface area contributed by atoms with Gasteiger partial charge >= 0.3 is 5.97 Å². The minimum Gasteiger partial charge on any atom is -0.497 e. The number of methoxy groups -OCH3 is 1. The number of ether oxygens (including phenoxy) is 3. The van der Waals surface area contributed by atoms with Crippen LogP contribution in [0.4, 0.5) is 0 Å². The Hall–Kier alpha value is -3.66. The largest absolute Gasteiger partial charge is 0.497 e. The van der Waals surface area contributed by atoms with Gasteiger partial charge in [0.1, 0.15) is 17.5 Å². The van der Waals surface area contributed by atoms with Gasteiger partial charge in [-0.05, 0) is 66.5 Å². The number of thioether (sulfide) groups is 1. The maximum Gasteiger partial charge on any atom is 0.326 e. The van der Waals surface area contributed by atoms with Crippen molar-refractivity contribution in [3.8, 4) is 17.2 Å². The van der Waals surface area contributed by atoms with Crippen LogP contribution < -0.4 is 24.8 Å². The summed E-state index contributed by atoms with van der Waals surface area (Å²) in [5, 5.41) is 14.5. The number of benzene rings is 2. The molecule has 1 heterocycles. The zero-order chi connectivity index (χ0) is 23.8. The third kappa shape index (κ3) is 6.42. The monoisotopic (exact) mass is 472 g/mol. The topological polar surface area (TPSA) is 123 Å². The zero-order valence-electron chi connectivity index (χ0n) is 18.1. The molecular formula is C23H24N2O7S. The summed E-state index contributed by atoms with van der Waals surface area (Å²) in [5.74, 6) is -0.188. The average molecular weight is 473 g/mol. The Bertz CT molecular complexity index is 1050. The summed E-state index contributed by atoms with van der Waals surface area (Å²) in [4.78, 5) is 37.4. The van der Waals surface area contributed by atoms with Gasteiger partial charge in [-0.25, -0.2) is 4.79 Å². The molecule has 2 aromatic carbocycles. The molecule has 1 unspecified atom stereocenters. The van der Waals surface area contributed by atoms with Gasteiger partial charge in [0.2, 0.25) is 6.79 Å². The summed E-state index contributed by atoms with van der Waals surface area (Å²) in [7, 11) is 1.52. The van der Waals surface area contributed by atoms with Crippen LogP contribution in [0, 0.1) is 0 Å². The Labute approximate surface area is 195 Å². The van der Waals surface area contributed by atoms with Crippen molar-refractivity contribution in [3.05, 3.63) is 59.3 Å². The molecule has 174 valence electrons. The lowest BCUT2D eigenvalue weighted by Crippen LogP contribution is -2.44. The van der Waals surface area contributed by atoms with Crippen molar-refractivity contribution in [1.29, 1.82) is 0 Å². The third-order valence-electron chi connectivity index (χ3n) is 4.77. The molecule has 3 rings (SSSR count). The first-order chi connectivity index (χ1) is 15.9. The summed E-state index contributed by atoms with van der Waals surface area (Å²) in [5.41, 5.74) is 0.762. The molecule has 2 aromatic rings. The minimum atomic E-state index is -1.15. The van der Waals surface area contributed by atoms with Crippen molar-refractivity contribution < 1.29 is 33.7 Å². The van der Waals surface area contributed by atoms with E-state index < -0.39 is 23.8 Å². The van der Waals surface area contributed by atoms with E-state index >= 15 is 0 Å². The molecule has 1 aliphatic rings. The van der Waals surface area contributed by atoms with Crippen LogP contribution in [0.25, 0.3) is 6.08 Å². The maximum atomic E-state index is 13.0. The number of fused-ring (bicyclic) bond motifs is 1. The molecule has 9 nitrogen and oxygen atoms in total. The molecule has 0 aromatic heterocycles. The Morgan fingerprint density at radius 1 is 1.15 bits per heavy atom. The summed E-state index contributed by atoms with van der Waals surface area (Å²) < 4.78 is 15.8. The first-order valence-electron chi connectivity index (χ1n) is 10.0. The summed E-state index contributed by atoms with van der Waals surface area (Å²) in [6.07, 6.45) is 3.54. The lowest BCUT2D eigenvalue weighted by molar-refractivity contribution is -0.141. The number of amides is 2. The van der Waals surface area contributed by atoms with Gasteiger partial charge in [0, 0.05) is 5.56 Å². The van der Waals surface area contributed by atoms with E-state index in [0.717, 1.165) is 0 Å². The van der Waals surface area contributed by atoms with Gasteiger partial charge in [0.25, 0.3) is 11.8 Å². The fraction of sp³-hybridized carbons (Fsp3) is 0.261. The molecule has 1 aliphatic heterocycles. The van der Waals surface area contributed by atoms with Crippen LogP contribution in [0.3, 0.4) is 0 Å². The lowest BCUT2D eigenvalue weighted by Gasteiger charge is -2.16. The van der Waals surface area contributed by atoms with E-state index in [1.807, 2.05) is 6.26 Å². The lowest BCUT2D eigenvalue weighted by atomic mass is 10.1. The van der Waals surface area contributed by atoms with Crippen molar-refractivity contribution in [2.24, 2.45) is 0 Å². The van der Waals surface area contributed by atoms with E-state index in [1.165, 1.54) is 24.9 Å². The Kier molecular flexibility index (Phi) is 8.20. The summed E-state index contributed by atoms with van der Waals surface area (Å²) >= 11 is 1.47. The number of carboxylic acid groups (broad SMARTS) is 1. The third-order valence-corrected chi connectivity index (χ3v) is 5.41. The number of nitrogens with one attached hydrogen (secondary N) is 2. The quantitative estimate of drug-likeness (QED) is 0.451. The van der Waals surface area contributed by atoms with E-state index in [4.69, 9.17) is 14.2 Å². The van der Waals surface area contributed by atoms with Crippen molar-refractivity contribution in [2.45, 2.75) is 12.5 Å². The molecule has 0 fully saturated rings. The number of hydrogen-bond donors (Lipinski definition) is 3. The Balaban J connectivity index is 1.86. The molecule has 0 saturated heterocycles. The molecule has 0 spiro atoms. The molecule has 33 heavy (non-hydrogen) atoms. The molecule has 0 aliphatic carbocycles. The van der Waals surface area contributed by atoms with Gasteiger partial charge in [-0.1, -0.05) is 6.07 Å². The van der Waals surface area contributed by atoms with Crippen LogP contribution in [0.15, 0.2) is 48.2 Å². The second-order valence-electron chi connectivity index (χ2n) is 7.00. The average Bonchev–Trinajstić information content (AvgIpc) is 3.29. The first kappa shape index (κ1) is 24.0. The number of carbonyl (C=O) groups is 3. The highest BCUT2D eigenvalue weighted by atomic mass is 32.2. The fourth-order valence-electron chi connectivity index (χ4n) is 2.99. The van der Waals surface area contributed by atoms with Crippen LogP contribution in [-0.4, -0.2) is 54.8 Å². The van der Waals surface area contributed by atoms with E-state index in [1.54, 1.807) is 42.5 Å². The van der Waals surface area contributed by atoms with Crippen molar-refractivity contribution >= 4 is 35.6 Å². The summed E-state index contributed by atoms with van der Waals surface area (Å²) in [6, 6.07) is 10.3. The highest BCUT2D eigenvalue weighted by molar-refractivity contribution is 7.98. The van der Waals surface area contributed by atoms with Gasteiger partial charge < -0.3 is 30.0 Å². The zero-order valence-corrected chi connectivity index (χ0v) is 18.9. The van der Waals surface area contributed by atoms with Gasteiger partial charge in [-0.2, -0.15) is 11.8 Å². The molecule has 0 radical (unpaired) electrons. The van der Waals surface area contributed by atoms with Gasteiger partial charge in [0.05, 0.1) is 7.11 Å². The van der Waals surface area contributed by atoms with Gasteiger partial charge in [-0.3, -0.25) is 9.59 Å². The summed E-state index contributed by atoms with van der Waals surface area (Å²) in [6.45, 7) is 0.0970. The molecule has 10 heteroatoms. The SMILES string of the molecule is COc1ccc(C(=O)N/C(=C\c2ccc3c(c2)OCO3)C(=O)NC(CCSC)C(=O)O)cc1. The smallest absolute Gasteiger partial charge is 0.326 e. The second-order valence-corrected chi connectivity index (χ2v) is 7.98. The van der Waals surface area contributed by atoms with Crippen LogP contribution in [0.5, 0.6) is 17.2 Å². The van der Waals surface area contributed by atoms with Crippen LogP contribution >= 0.6 is 11.8 Å². The normalized spacial score (nSPS) is 13.2. The maximum absolute atomic E-state index is 13.0. The molecule has 2 amide bonds. The van der Waals surface area contributed by atoms with E-state index in [0.29, 0.717) is 34.1 Å². The predicted octanol–water partition coefficient (Wildman–Crippen LogP) is 2.52. The number of carbonyl (C=O) groups excluding carboxylic acids is 2. The minimum absolute atomic E-state index is 0.0970. The molecule has 3 N–H and O–H groups in total. The molecule has 0 saturated carbocycles. The molecular weight excluding hydrogens is 448 g/mol. The number of hydrogen-bond acceptors (Lipinski definition) is 7. The van der Waals surface area contributed by atoms with Crippen molar-refractivity contribution in [1.82, 2.24) is 10.6 Å².